The Bertz CT molecular complexity index is 2880. The normalized spacial score (nSPS) is 15.0. The van der Waals surface area contributed by atoms with Crippen LogP contribution in [0.2, 0.25) is 0 Å². The van der Waals surface area contributed by atoms with Crippen LogP contribution in [-0.2, 0) is 29.4 Å². The molecule has 1 aromatic heterocycles. The zero-order valence-electron chi connectivity index (χ0n) is 30.3. The molecular formula is C43H31N5O8S. The molecule has 1 N–H and O–H groups in total. The van der Waals surface area contributed by atoms with Crippen LogP contribution in [-0.4, -0.2) is 41.9 Å². The number of nitrogens with zero attached hydrogens (tertiary/aromatic N) is 4. The Hall–Kier alpha value is -7.19. The number of rotatable bonds is 9. The van der Waals surface area contributed by atoms with Crippen LogP contribution in [0.15, 0.2) is 136 Å². The lowest BCUT2D eigenvalue weighted by molar-refractivity contribution is -0.396. The molecule has 57 heavy (non-hydrogen) atoms. The van der Waals surface area contributed by atoms with E-state index in [2.05, 4.69) is 29.2 Å². The summed E-state index contributed by atoms with van der Waals surface area (Å²) in [6.07, 6.45) is 2.76. The number of nitro benzene ring substituents is 2. The van der Waals surface area contributed by atoms with Crippen molar-refractivity contribution in [3.63, 3.8) is 0 Å². The first-order chi connectivity index (χ1) is 27.6. The van der Waals surface area contributed by atoms with Crippen molar-refractivity contribution in [1.29, 1.82) is 0 Å². The summed E-state index contributed by atoms with van der Waals surface area (Å²) in [6.45, 7) is 0. The number of benzene rings is 5. The van der Waals surface area contributed by atoms with Crippen molar-refractivity contribution in [1.82, 2.24) is 4.98 Å². The van der Waals surface area contributed by atoms with Crippen molar-refractivity contribution < 1.29 is 27.2 Å². The molecule has 2 aliphatic carbocycles. The molecule has 0 saturated heterocycles. The maximum atomic E-state index is 13.3. The van der Waals surface area contributed by atoms with Gasteiger partial charge in [0.2, 0.25) is 0 Å². The third-order valence-corrected chi connectivity index (χ3v) is 11.8. The van der Waals surface area contributed by atoms with Gasteiger partial charge in [-0.1, -0.05) is 60.7 Å². The number of hydrogen-bond donors (Lipinski definition) is 1. The van der Waals surface area contributed by atoms with Gasteiger partial charge in [-0.15, -0.1) is 0 Å². The second kappa shape index (κ2) is 13.8. The number of methoxy groups -OCH3 is 1. The van der Waals surface area contributed by atoms with E-state index in [1.165, 1.54) is 17.2 Å². The monoisotopic (exact) mass is 777 g/mol. The molecule has 0 atom stereocenters. The fourth-order valence-corrected chi connectivity index (χ4v) is 8.99. The highest BCUT2D eigenvalue weighted by molar-refractivity contribution is 7.87. The second-order valence-corrected chi connectivity index (χ2v) is 15.2. The van der Waals surface area contributed by atoms with Gasteiger partial charge in [0.1, 0.15) is 17.3 Å². The quantitative estimate of drug-likeness (QED) is 0.0858. The number of aryl methyl sites for hydroxylation is 2. The highest BCUT2D eigenvalue weighted by Crippen LogP contribution is 2.46. The van der Waals surface area contributed by atoms with Crippen molar-refractivity contribution in [2.45, 2.75) is 30.6 Å². The van der Waals surface area contributed by atoms with E-state index in [0.29, 0.717) is 36.3 Å². The van der Waals surface area contributed by atoms with Gasteiger partial charge in [0, 0.05) is 28.3 Å². The highest BCUT2D eigenvalue weighted by atomic mass is 32.2. The SMILES string of the molecule is COc1ccc2c(c1)CCc1c-2[nH]c(/N=C2\N=C3C(=C2c2ccccc2)CCc2cc(OS(=O)(=O)c4ccc([N+](=O)[O-])cc4[N+](=O)[O-])ccc23)c1-c1ccccc1. The summed E-state index contributed by atoms with van der Waals surface area (Å²) in [5.74, 6) is 1.98. The summed E-state index contributed by atoms with van der Waals surface area (Å²) in [5.41, 5.74) is 10.1. The van der Waals surface area contributed by atoms with Gasteiger partial charge in [-0.3, -0.25) is 20.2 Å². The van der Waals surface area contributed by atoms with Gasteiger partial charge in [0.05, 0.1) is 34.4 Å². The molecule has 0 bridgehead atoms. The lowest BCUT2D eigenvalue weighted by atomic mass is 9.84. The van der Waals surface area contributed by atoms with Crippen LogP contribution >= 0.6 is 0 Å². The van der Waals surface area contributed by atoms with E-state index in [9.17, 15) is 28.6 Å². The van der Waals surface area contributed by atoms with E-state index in [1.807, 2.05) is 54.6 Å². The Morgan fingerprint density at radius 1 is 0.737 bits per heavy atom. The minimum absolute atomic E-state index is 0.0630. The van der Waals surface area contributed by atoms with E-state index in [-0.39, 0.29) is 5.75 Å². The molecule has 2 heterocycles. The number of non-ortho nitro benzene ring substituents is 1. The largest absolute Gasteiger partial charge is 0.497 e. The lowest BCUT2D eigenvalue weighted by Gasteiger charge is -2.20. The maximum absolute atomic E-state index is 13.3. The van der Waals surface area contributed by atoms with Gasteiger partial charge in [-0.25, -0.2) is 9.98 Å². The third kappa shape index (κ3) is 6.25. The predicted octanol–water partition coefficient (Wildman–Crippen LogP) is 8.97. The molecule has 1 aliphatic heterocycles. The summed E-state index contributed by atoms with van der Waals surface area (Å²) in [4.78, 5) is 34.5. The Morgan fingerprint density at radius 3 is 2.12 bits per heavy atom. The maximum Gasteiger partial charge on any atom is 0.346 e. The minimum atomic E-state index is -4.75. The number of ether oxygens (including phenoxy) is 1. The van der Waals surface area contributed by atoms with Crippen molar-refractivity contribution in [3.8, 4) is 33.9 Å². The van der Waals surface area contributed by atoms with Crippen LogP contribution in [0.1, 0.15) is 34.2 Å². The first-order valence-corrected chi connectivity index (χ1v) is 19.5. The number of nitro groups is 2. The molecule has 9 rings (SSSR count). The summed E-state index contributed by atoms with van der Waals surface area (Å²) in [6, 6.07) is 33.4. The molecule has 14 heteroatoms. The first kappa shape index (κ1) is 35.5. The van der Waals surface area contributed by atoms with Crippen LogP contribution in [0.4, 0.5) is 17.2 Å². The third-order valence-electron chi connectivity index (χ3n) is 10.5. The number of nitrogens with one attached hydrogen (secondary N) is 1. The minimum Gasteiger partial charge on any atom is -0.497 e. The lowest BCUT2D eigenvalue weighted by Crippen LogP contribution is -2.16. The molecule has 6 aromatic rings. The zero-order chi connectivity index (χ0) is 39.4. The molecule has 282 valence electrons. The second-order valence-electron chi connectivity index (χ2n) is 13.7. The molecule has 5 aromatic carbocycles. The molecule has 0 spiro atoms. The number of fused-ring (bicyclic) bond motifs is 6. The molecule has 0 saturated carbocycles. The number of H-pyrrole nitrogens is 1. The summed E-state index contributed by atoms with van der Waals surface area (Å²) in [7, 11) is -3.08. The van der Waals surface area contributed by atoms with Gasteiger partial charge in [0.25, 0.3) is 11.4 Å². The smallest absolute Gasteiger partial charge is 0.346 e. The summed E-state index contributed by atoms with van der Waals surface area (Å²) < 4.78 is 37.6. The van der Waals surface area contributed by atoms with Gasteiger partial charge in [-0.2, -0.15) is 8.42 Å². The average molecular weight is 778 g/mol. The number of aromatic nitrogens is 1. The van der Waals surface area contributed by atoms with E-state index in [4.69, 9.17) is 18.9 Å². The molecular weight excluding hydrogens is 747 g/mol. The van der Waals surface area contributed by atoms with Crippen LogP contribution in [0.25, 0.3) is 28.0 Å². The van der Waals surface area contributed by atoms with Crippen molar-refractivity contribution in [3.05, 3.63) is 169 Å². The molecule has 0 fully saturated rings. The van der Waals surface area contributed by atoms with E-state index in [1.54, 1.807) is 19.2 Å². The van der Waals surface area contributed by atoms with Crippen molar-refractivity contribution >= 4 is 44.4 Å². The number of aromatic amines is 1. The van der Waals surface area contributed by atoms with Gasteiger partial charge in [0.15, 0.2) is 10.7 Å². The number of allylic oxidation sites excluding steroid dienone is 1. The standard InChI is InChI=1S/C43H31N5O8S/c1-55-30-15-19-32-27(22-30)12-17-34-38(25-8-4-2-5-9-25)42(44-40(32)34)46-43-39(26-10-6-3-7-11-26)35-18-13-28-23-31(16-20-33(28)41(35)45-43)56-57(53,54)37-21-14-29(47(49)50)24-36(37)48(51)52/h2-11,14-16,19-24,44H,12-13,17-18H2,1H3/b46-43-. The summed E-state index contributed by atoms with van der Waals surface area (Å²) in [5, 5.41) is 22.9. The Morgan fingerprint density at radius 2 is 1.40 bits per heavy atom. The van der Waals surface area contributed by atoms with E-state index >= 15 is 0 Å². The predicted molar refractivity (Wildman–Crippen MR) is 215 cm³/mol. The zero-order valence-corrected chi connectivity index (χ0v) is 31.1. The number of amidine groups is 1. The van der Waals surface area contributed by atoms with Crippen molar-refractivity contribution in [2.24, 2.45) is 9.98 Å². The molecule has 3 aliphatic rings. The molecule has 0 unspecified atom stereocenters. The van der Waals surface area contributed by atoms with Crippen LogP contribution < -0.4 is 8.92 Å². The average Bonchev–Trinajstić information content (AvgIpc) is 3.78. The Kier molecular flexibility index (Phi) is 8.62. The topological polar surface area (TPSA) is 179 Å². The van der Waals surface area contributed by atoms with E-state index < -0.39 is 36.2 Å². The van der Waals surface area contributed by atoms with E-state index in [0.717, 1.165) is 80.9 Å². The van der Waals surface area contributed by atoms with Gasteiger partial charge >= 0.3 is 10.1 Å². The fraction of sp³-hybridized carbons (Fsp3) is 0.116. The molecule has 0 radical (unpaired) electrons. The fourth-order valence-electron chi connectivity index (χ4n) is 7.92. The van der Waals surface area contributed by atoms with Gasteiger partial charge < -0.3 is 13.9 Å². The molecule has 0 amide bonds. The highest BCUT2D eigenvalue weighted by Gasteiger charge is 2.34. The van der Waals surface area contributed by atoms with Crippen LogP contribution in [0.3, 0.4) is 0 Å². The van der Waals surface area contributed by atoms with Crippen molar-refractivity contribution in [2.75, 3.05) is 7.11 Å². The number of hydrogen-bond acceptors (Lipinski definition) is 9. The van der Waals surface area contributed by atoms with Crippen LogP contribution in [0, 0.1) is 20.2 Å². The van der Waals surface area contributed by atoms with Crippen LogP contribution in [0.5, 0.6) is 11.5 Å². The Balaban J connectivity index is 1.14. The van der Waals surface area contributed by atoms with Gasteiger partial charge in [-0.05, 0) is 102 Å². The first-order valence-electron chi connectivity index (χ1n) is 18.0. The summed E-state index contributed by atoms with van der Waals surface area (Å²) >= 11 is 0. The number of aliphatic imine (C=N–C) groups is 2. The molecule has 13 nitrogen and oxygen atoms in total. The Labute approximate surface area is 326 Å².